The Balaban J connectivity index is 0.00000153. The second-order valence-electron chi connectivity index (χ2n) is 8.15. The minimum Gasteiger partial charge on any atom is -0.492 e. The van der Waals surface area contributed by atoms with Crippen LogP contribution < -0.4 is 4.74 Å². The summed E-state index contributed by atoms with van der Waals surface area (Å²) in [4.78, 5) is 7.85. The molecule has 0 N–H and O–H groups in total. The lowest BCUT2D eigenvalue weighted by atomic mass is 9.96. The second kappa shape index (κ2) is 12.3. The van der Waals surface area contributed by atoms with E-state index in [1.807, 2.05) is 48.2 Å². The predicted octanol–water partition coefficient (Wildman–Crippen LogP) is 6.63. The normalized spacial score (nSPS) is 18.2. The standard InChI is InChI=1S/C26H27ClN2OS.2ClH/c27-21-10-11-26-23(19-21)24(18-20-6-4-5-9-25(20)31-26)29-14-12-28(13-15-29)16-17-30-22-7-2-1-3-8-22;;/h1-11,19,24H,12-18H2;2*1H. The van der Waals surface area contributed by atoms with Gasteiger partial charge >= 0.3 is 0 Å². The van der Waals surface area contributed by atoms with E-state index in [2.05, 4.69) is 46.2 Å². The van der Waals surface area contributed by atoms with Gasteiger partial charge in [0.05, 0.1) is 0 Å². The van der Waals surface area contributed by atoms with E-state index in [1.54, 1.807) is 0 Å². The molecule has 0 spiro atoms. The van der Waals surface area contributed by atoms with Crippen LogP contribution in [-0.4, -0.2) is 49.1 Å². The Morgan fingerprint density at radius 1 is 0.848 bits per heavy atom. The molecule has 0 bridgehead atoms. The lowest BCUT2D eigenvalue weighted by Gasteiger charge is -2.39. The number of rotatable bonds is 5. The average Bonchev–Trinajstić information content (AvgIpc) is 2.97. The lowest BCUT2D eigenvalue weighted by molar-refractivity contribution is 0.0850. The molecular weight excluding hydrogens is 495 g/mol. The molecule has 0 aromatic heterocycles. The Hall–Kier alpha value is -1.40. The lowest BCUT2D eigenvalue weighted by Crippen LogP contribution is -2.49. The van der Waals surface area contributed by atoms with Crippen molar-refractivity contribution in [1.29, 1.82) is 0 Å². The Morgan fingerprint density at radius 2 is 1.58 bits per heavy atom. The van der Waals surface area contributed by atoms with Crippen molar-refractivity contribution in [2.24, 2.45) is 0 Å². The van der Waals surface area contributed by atoms with Crippen molar-refractivity contribution in [1.82, 2.24) is 9.80 Å². The molecule has 1 atom stereocenters. The summed E-state index contributed by atoms with van der Waals surface area (Å²) in [6.07, 6.45) is 1.04. The number of hydrogen-bond acceptors (Lipinski definition) is 4. The molecule has 33 heavy (non-hydrogen) atoms. The van der Waals surface area contributed by atoms with Crippen molar-refractivity contribution in [2.45, 2.75) is 22.3 Å². The van der Waals surface area contributed by atoms with E-state index in [0.717, 1.165) is 56.5 Å². The van der Waals surface area contributed by atoms with Gasteiger partial charge in [0, 0.05) is 53.6 Å². The summed E-state index contributed by atoms with van der Waals surface area (Å²) in [5.74, 6) is 0.948. The largest absolute Gasteiger partial charge is 0.492 e. The van der Waals surface area contributed by atoms with Gasteiger partial charge in [0.25, 0.3) is 0 Å². The van der Waals surface area contributed by atoms with Crippen molar-refractivity contribution in [2.75, 3.05) is 39.3 Å². The fraction of sp³-hybridized carbons (Fsp3) is 0.308. The summed E-state index contributed by atoms with van der Waals surface area (Å²) in [7, 11) is 0. The van der Waals surface area contributed by atoms with Crippen LogP contribution >= 0.6 is 48.2 Å². The van der Waals surface area contributed by atoms with E-state index >= 15 is 0 Å². The fourth-order valence-electron chi connectivity index (χ4n) is 4.52. The average molecular weight is 524 g/mol. The smallest absolute Gasteiger partial charge is 0.119 e. The van der Waals surface area contributed by atoms with Crippen molar-refractivity contribution in [3.05, 3.63) is 88.9 Å². The Kier molecular flexibility index (Phi) is 9.81. The highest BCUT2D eigenvalue weighted by molar-refractivity contribution is 7.99. The van der Waals surface area contributed by atoms with Crippen molar-refractivity contribution in [3.8, 4) is 5.75 Å². The summed E-state index contributed by atoms with van der Waals surface area (Å²) in [6.45, 7) is 5.96. The van der Waals surface area contributed by atoms with Crippen molar-refractivity contribution < 1.29 is 4.74 Å². The van der Waals surface area contributed by atoms with Crippen LogP contribution in [0.15, 0.2) is 82.6 Å². The van der Waals surface area contributed by atoms with Gasteiger partial charge in [-0.2, -0.15) is 0 Å². The number of piperazine rings is 1. The van der Waals surface area contributed by atoms with E-state index < -0.39 is 0 Å². The van der Waals surface area contributed by atoms with Gasteiger partial charge in [-0.05, 0) is 53.9 Å². The molecule has 5 rings (SSSR count). The maximum absolute atomic E-state index is 6.43. The van der Waals surface area contributed by atoms with Crippen LogP contribution in [0, 0.1) is 0 Å². The molecule has 7 heteroatoms. The third-order valence-electron chi connectivity index (χ3n) is 6.20. The molecule has 2 aliphatic heterocycles. The van der Waals surface area contributed by atoms with E-state index in [4.69, 9.17) is 16.3 Å². The highest BCUT2D eigenvalue weighted by Gasteiger charge is 2.30. The first-order valence-electron chi connectivity index (χ1n) is 11.0. The summed E-state index contributed by atoms with van der Waals surface area (Å²) >= 11 is 8.30. The Labute approximate surface area is 218 Å². The highest BCUT2D eigenvalue weighted by Crippen LogP contribution is 2.43. The quantitative estimate of drug-likeness (QED) is 0.373. The maximum Gasteiger partial charge on any atom is 0.119 e. The van der Waals surface area contributed by atoms with E-state index in [-0.39, 0.29) is 24.8 Å². The molecule has 1 fully saturated rings. The minimum atomic E-state index is 0. The van der Waals surface area contributed by atoms with Gasteiger partial charge in [-0.25, -0.2) is 0 Å². The monoisotopic (exact) mass is 522 g/mol. The fourth-order valence-corrected chi connectivity index (χ4v) is 5.81. The molecule has 1 saturated heterocycles. The van der Waals surface area contributed by atoms with Gasteiger partial charge in [-0.3, -0.25) is 9.80 Å². The van der Waals surface area contributed by atoms with Gasteiger partial charge in [-0.1, -0.05) is 59.8 Å². The summed E-state index contributed by atoms with van der Waals surface area (Å²) in [5, 5.41) is 0.826. The Morgan fingerprint density at radius 3 is 2.36 bits per heavy atom. The van der Waals surface area contributed by atoms with Crippen LogP contribution in [0.25, 0.3) is 0 Å². The first kappa shape index (κ1) is 26.2. The van der Waals surface area contributed by atoms with Crippen molar-refractivity contribution >= 4 is 48.2 Å². The molecular formula is C26H29Cl3N2OS. The van der Waals surface area contributed by atoms with Gasteiger partial charge in [0.1, 0.15) is 12.4 Å². The third kappa shape index (κ3) is 6.39. The topological polar surface area (TPSA) is 15.7 Å². The molecule has 0 aliphatic carbocycles. The van der Waals surface area contributed by atoms with E-state index in [9.17, 15) is 0 Å². The molecule has 0 amide bonds. The molecule has 3 aromatic rings. The number of ether oxygens (including phenoxy) is 1. The van der Waals surface area contributed by atoms with Crippen LogP contribution in [0.5, 0.6) is 5.75 Å². The molecule has 1 unspecified atom stereocenters. The zero-order valence-electron chi connectivity index (χ0n) is 18.4. The second-order valence-corrected chi connectivity index (χ2v) is 9.67. The summed E-state index contributed by atoms with van der Waals surface area (Å²) < 4.78 is 5.89. The maximum atomic E-state index is 6.43. The van der Waals surface area contributed by atoms with Gasteiger partial charge < -0.3 is 4.74 Å². The third-order valence-corrected chi connectivity index (χ3v) is 7.65. The Bertz CT molecular complexity index is 1030. The molecule has 3 aromatic carbocycles. The molecule has 2 aliphatic rings. The number of benzene rings is 3. The van der Waals surface area contributed by atoms with Gasteiger partial charge in [0.15, 0.2) is 0 Å². The zero-order chi connectivity index (χ0) is 21.0. The number of halogens is 3. The zero-order valence-corrected chi connectivity index (χ0v) is 21.6. The number of fused-ring (bicyclic) bond motifs is 2. The SMILES string of the molecule is Cl.Cl.Clc1ccc2c(c1)C(N1CCN(CCOc3ccccc3)CC1)Cc1ccccc1S2. The summed E-state index contributed by atoms with van der Waals surface area (Å²) in [5.41, 5.74) is 2.80. The predicted molar refractivity (Wildman–Crippen MR) is 143 cm³/mol. The molecule has 176 valence electrons. The molecule has 3 nitrogen and oxygen atoms in total. The molecule has 0 saturated carbocycles. The van der Waals surface area contributed by atoms with Crippen molar-refractivity contribution in [3.63, 3.8) is 0 Å². The number of para-hydroxylation sites is 1. The van der Waals surface area contributed by atoms with Crippen LogP contribution in [0.3, 0.4) is 0 Å². The van der Waals surface area contributed by atoms with E-state index in [1.165, 1.54) is 20.9 Å². The van der Waals surface area contributed by atoms with Crippen LogP contribution in [0.4, 0.5) is 0 Å². The molecule has 2 heterocycles. The van der Waals surface area contributed by atoms with Crippen LogP contribution in [0.2, 0.25) is 5.02 Å². The number of nitrogens with zero attached hydrogens (tertiary/aromatic N) is 2. The van der Waals surface area contributed by atoms with Gasteiger partial charge in [-0.15, -0.1) is 24.8 Å². The van der Waals surface area contributed by atoms with Crippen LogP contribution in [0.1, 0.15) is 17.2 Å². The van der Waals surface area contributed by atoms with E-state index in [0.29, 0.717) is 6.04 Å². The number of hydrogen-bond donors (Lipinski definition) is 0. The first-order chi connectivity index (χ1) is 15.3. The minimum absolute atomic E-state index is 0. The summed E-state index contributed by atoms with van der Waals surface area (Å²) in [6, 6.07) is 25.6. The van der Waals surface area contributed by atoms with Crippen LogP contribution in [-0.2, 0) is 6.42 Å². The molecule has 0 radical (unpaired) electrons. The van der Waals surface area contributed by atoms with Gasteiger partial charge in [0.2, 0.25) is 0 Å². The first-order valence-corrected chi connectivity index (χ1v) is 12.2. The highest BCUT2D eigenvalue weighted by atomic mass is 35.5.